The van der Waals surface area contributed by atoms with Crippen molar-refractivity contribution >= 4 is 33.3 Å². The van der Waals surface area contributed by atoms with Gasteiger partial charge in [-0.15, -0.1) is 11.3 Å². The number of nitrogens with one attached hydrogen (secondary N) is 1. The minimum absolute atomic E-state index is 0.233. The van der Waals surface area contributed by atoms with Gasteiger partial charge in [-0.1, -0.05) is 0 Å². The number of nitrogens with zero attached hydrogens (tertiary/aromatic N) is 2. The number of aromatic nitrogens is 2. The molecule has 0 aromatic carbocycles. The molecule has 6 heteroatoms. The second-order valence-electron chi connectivity index (χ2n) is 3.11. The molecular weight excluding hydrogens is 226 g/mol. The van der Waals surface area contributed by atoms with Gasteiger partial charge in [-0.25, -0.2) is 9.97 Å². The van der Waals surface area contributed by atoms with E-state index < -0.39 is 0 Å². The predicted molar refractivity (Wildman–Crippen MR) is 62.5 cm³/mol. The number of carbonyl (C=O) groups is 1. The monoisotopic (exact) mass is 237 g/mol. The largest absolute Gasteiger partial charge is 0.469 e. The zero-order valence-electron chi connectivity index (χ0n) is 8.77. The molecule has 0 unspecified atom stereocenters. The molecule has 1 N–H and O–H groups in total. The lowest BCUT2D eigenvalue weighted by atomic mass is 10.3. The molecule has 0 spiro atoms. The van der Waals surface area contributed by atoms with E-state index in [2.05, 4.69) is 20.0 Å². The molecule has 16 heavy (non-hydrogen) atoms. The third kappa shape index (κ3) is 2.27. The summed E-state index contributed by atoms with van der Waals surface area (Å²) in [5, 5.41) is 6.04. The van der Waals surface area contributed by atoms with Crippen LogP contribution in [0.25, 0.3) is 10.2 Å². The van der Waals surface area contributed by atoms with E-state index in [-0.39, 0.29) is 5.97 Å². The highest BCUT2D eigenvalue weighted by atomic mass is 32.1. The summed E-state index contributed by atoms with van der Waals surface area (Å²) in [6.07, 6.45) is 1.84. The average Bonchev–Trinajstić information content (AvgIpc) is 2.77. The Kier molecular flexibility index (Phi) is 3.31. The lowest BCUT2D eigenvalue weighted by Crippen LogP contribution is -2.10. The third-order valence-corrected chi connectivity index (χ3v) is 2.93. The Morgan fingerprint density at radius 3 is 3.25 bits per heavy atom. The van der Waals surface area contributed by atoms with E-state index in [1.165, 1.54) is 13.4 Å². The van der Waals surface area contributed by atoms with Gasteiger partial charge in [-0.3, -0.25) is 4.79 Å². The fourth-order valence-electron chi connectivity index (χ4n) is 1.32. The highest BCUT2D eigenvalue weighted by molar-refractivity contribution is 7.16. The molecule has 2 aromatic rings. The predicted octanol–water partition coefficient (Wildman–Crippen LogP) is 1.67. The molecule has 0 saturated heterocycles. The Bertz CT molecular complexity index is 498. The van der Waals surface area contributed by atoms with Crippen LogP contribution < -0.4 is 5.32 Å². The van der Waals surface area contributed by atoms with E-state index in [0.29, 0.717) is 13.0 Å². The molecule has 2 rings (SSSR count). The van der Waals surface area contributed by atoms with Gasteiger partial charge in [0.25, 0.3) is 0 Å². The van der Waals surface area contributed by atoms with Gasteiger partial charge >= 0.3 is 5.97 Å². The Labute approximate surface area is 96.5 Å². The summed E-state index contributed by atoms with van der Waals surface area (Å²) >= 11 is 1.56. The molecule has 0 atom stereocenters. The summed E-state index contributed by atoms with van der Waals surface area (Å²) in [6.45, 7) is 0.509. The lowest BCUT2D eigenvalue weighted by Gasteiger charge is -2.04. The maximum Gasteiger partial charge on any atom is 0.307 e. The van der Waals surface area contributed by atoms with Gasteiger partial charge in [0.1, 0.15) is 17.0 Å². The van der Waals surface area contributed by atoms with Gasteiger partial charge < -0.3 is 10.1 Å². The van der Waals surface area contributed by atoms with Crippen molar-refractivity contribution in [3.05, 3.63) is 17.8 Å². The van der Waals surface area contributed by atoms with Crippen LogP contribution in [0.1, 0.15) is 6.42 Å². The quantitative estimate of drug-likeness (QED) is 0.819. The number of methoxy groups -OCH3 is 1. The highest BCUT2D eigenvalue weighted by Gasteiger charge is 2.05. The van der Waals surface area contributed by atoms with Crippen molar-refractivity contribution in [2.45, 2.75) is 6.42 Å². The number of fused-ring (bicyclic) bond motifs is 1. The van der Waals surface area contributed by atoms with E-state index in [9.17, 15) is 4.79 Å². The van der Waals surface area contributed by atoms with E-state index >= 15 is 0 Å². The van der Waals surface area contributed by atoms with Gasteiger partial charge in [-0.05, 0) is 11.4 Å². The van der Waals surface area contributed by atoms with Crippen LogP contribution in [0, 0.1) is 0 Å². The molecular formula is C10H11N3O2S. The van der Waals surface area contributed by atoms with Gasteiger partial charge in [0.05, 0.1) is 18.9 Å². The van der Waals surface area contributed by atoms with Crippen molar-refractivity contribution in [3.8, 4) is 0 Å². The van der Waals surface area contributed by atoms with Crippen LogP contribution in [0.2, 0.25) is 0 Å². The second kappa shape index (κ2) is 4.89. The molecule has 2 heterocycles. The third-order valence-electron chi connectivity index (χ3n) is 2.11. The van der Waals surface area contributed by atoms with Crippen LogP contribution in [0.4, 0.5) is 5.82 Å². The standard InChI is InChI=1S/C10H11N3O2S/c1-15-8(14)2-4-11-9-7-3-5-16-10(7)13-6-12-9/h3,5-6H,2,4H2,1H3,(H,11,12,13). The summed E-state index contributed by atoms with van der Waals surface area (Å²) in [5.74, 6) is 0.526. The number of rotatable bonds is 4. The number of anilines is 1. The molecule has 2 aromatic heterocycles. The van der Waals surface area contributed by atoms with Gasteiger partial charge in [0.2, 0.25) is 0 Å². The zero-order valence-corrected chi connectivity index (χ0v) is 9.58. The first-order valence-corrected chi connectivity index (χ1v) is 5.68. The molecule has 0 aliphatic rings. The first kappa shape index (κ1) is 10.8. The van der Waals surface area contributed by atoms with Gasteiger partial charge in [0, 0.05) is 6.54 Å². The lowest BCUT2D eigenvalue weighted by molar-refractivity contribution is -0.140. The Morgan fingerprint density at radius 2 is 2.44 bits per heavy atom. The van der Waals surface area contributed by atoms with Crippen molar-refractivity contribution in [2.24, 2.45) is 0 Å². The number of hydrogen-bond donors (Lipinski definition) is 1. The van der Waals surface area contributed by atoms with Crippen molar-refractivity contribution in [1.82, 2.24) is 9.97 Å². The maximum atomic E-state index is 10.9. The highest BCUT2D eigenvalue weighted by Crippen LogP contribution is 2.23. The van der Waals surface area contributed by atoms with Crippen molar-refractivity contribution in [3.63, 3.8) is 0 Å². The Morgan fingerprint density at radius 1 is 1.56 bits per heavy atom. The smallest absolute Gasteiger partial charge is 0.307 e. The summed E-state index contributed by atoms with van der Waals surface area (Å²) in [4.78, 5) is 20.1. The SMILES string of the molecule is COC(=O)CCNc1ncnc2sccc12. The van der Waals surface area contributed by atoms with E-state index in [1.807, 2.05) is 11.4 Å². The molecule has 84 valence electrons. The molecule has 0 fully saturated rings. The second-order valence-corrected chi connectivity index (χ2v) is 4.01. The van der Waals surface area contributed by atoms with Crippen molar-refractivity contribution < 1.29 is 9.53 Å². The minimum atomic E-state index is -0.233. The van der Waals surface area contributed by atoms with E-state index in [4.69, 9.17) is 0 Å². The van der Waals surface area contributed by atoms with Crippen molar-refractivity contribution in [1.29, 1.82) is 0 Å². The fourth-order valence-corrected chi connectivity index (χ4v) is 2.05. The molecule has 0 amide bonds. The van der Waals surface area contributed by atoms with Gasteiger partial charge in [0.15, 0.2) is 0 Å². The fraction of sp³-hybridized carbons (Fsp3) is 0.300. The van der Waals surface area contributed by atoms with Crippen LogP contribution in [0.15, 0.2) is 17.8 Å². The van der Waals surface area contributed by atoms with E-state index in [0.717, 1.165) is 16.0 Å². The number of esters is 1. The molecule has 0 saturated carbocycles. The normalized spacial score (nSPS) is 10.3. The summed E-state index contributed by atoms with van der Waals surface area (Å²) in [5.41, 5.74) is 0. The summed E-state index contributed by atoms with van der Waals surface area (Å²) in [7, 11) is 1.38. The van der Waals surface area contributed by atoms with Crippen LogP contribution in [-0.4, -0.2) is 29.6 Å². The maximum absolute atomic E-state index is 10.9. The average molecular weight is 237 g/mol. The Hall–Kier alpha value is -1.69. The summed E-state index contributed by atoms with van der Waals surface area (Å²) < 4.78 is 4.55. The molecule has 0 radical (unpaired) electrons. The number of carbonyl (C=O) groups excluding carboxylic acids is 1. The Balaban J connectivity index is 2.04. The van der Waals surface area contributed by atoms with Crippen LogP contribution in [0.5, 0.6) is 0 Å². The van der Waals surface area contributed by atoms with Crippen molar-refractivity contribution in [2.75, 3.05) is 19.0 Å². The molecule has 0 aliphatic carbocycles. The number of hydrogen-bond acceptors (Lipinski definition) is 6. The molecule has 0 bridgehead atoms. The zero-order chi connectivity index (χ0) is 11.4. The summed E-state index contributed by atoms with van der Waals surface area (Å²) in [6, 6.07) is 1.96. The topological polar surface area (TPSA) is 64.1 Å². The van der Waals surface area contributed by atoms with Crippen LogP contribution >= 0.6 is 11.3 Å². The van der Waals surface area contributed by atoms with Gasteiger partial charge in [-0.2, -0.15) is 0 Å². The first-order valence-electron chi connectivity index (χ1n) is 4.80. The molecule has 5 nitrogen and oxygen atoms in total. The van der Waals surface area contributed by atoms with Crippen LogP contribution in [-0.2, 0) is 9.53 Å². The number of ether oxygens (including phenoxy) is 1. The number of thiophene rings is 1. The molecule has 0 aliphatic heterocycles. The van der Waals surface area contributed by atoms with E-state index in [1.54, 1.807) is 11.3 Å². The first-order chi connectivity index (χ1) is 7.81. The minimum Gasteiger partial charge on any atom is -0.469 e. The van der Waals surface area contributed by atoms with Crippen LogP contribution in [0.3, 0.4) is 0 Å².